The molecule has 0 bridgehead atoms. The summed E-state index contributed by atoms with van der Waals surface area (Å²) in [7, 11) is 3.55. The number of benzene rings is 1. The highest BCUT2D eigenvalue weighted by atomic mass is 19.1. The number of amides is 1. The quantitative estimate of drug-likeness (QED) is 0.896. The van der Waals surface area contributed by atoms with Gasteiger partial charge in [-0.15, -0.1) is 0 Å². The molecule has 1 fully saturated rings. The van der Waals surface area contributed by atoms with Crippen LogP contribution in [0.2, 0.25) is 0 Å². The number of rotatable bonds is 3. The van der Waals surface area contributed by atoms with Gasteiger partial charge in [-0.25, -0.2) is 4.39 Å². The van der Waals surface area contributed by atoms with Gasteiger partial charge >= 0.3 is 0 Å². The van der Waals surface area contributed by atoms with Gasteiger partial charge in [-0.2, -0.15) is 0 Å². The molecule has 1 amide bonds. The molecule has 1 N–H and O–H groups in total. The molecular formula is C15H22FN3O. The first-order valence-corrected chi connectivity index (χ1v) is 6.90. The summed E-state index contributed by atoms with van der Waals surface area (Å²) in [6.45, 7) is 4.94. The molecule has 2 rings (SSSR count). The molecule has 0 saturated carbocycles. The van der Waals surface area contributed by atoms with Gasteiger partial charge in [-0.1, -0.05) is 6.07 Å². The first-order chi connectivity index (χ1) is 9.49. The van der Waals surface area contributed by atoms with Crippen LogP contribution < -0.4 is 5.32 Å². The zero-order valence-electron chi connectivity index (χ0n) is 12.3. The summed E-state index contributed by atoms with van der Waals surface area (Å²) in [5.74, 6) is -0.107. The lowest BCUT2D eigenvalue weighted by molar-refractivity contribution is -0.135. The van der Waals surface area contributed by atoms with Gasteiger partial charge in [0.1, 0.15) is 11.9 Å². The van der Waals surface area contributed by atoms with Crippen LogP contribution in [0.5, 0.6) is 0 Å². The number of carbonyl (C=O) groups excluding carboxylic acids is 1. The Morgan fingerprint density at radius 1 is 1.50 bits per heavy atom. The number of halogens is 1. The molecule has 1 aromatic carbocycles. The van der Waals surface area contributed by atoms with Gasteiger partial charge in [0, 0.05) is 40.3 Å². The number of hydrogen-bond acceptors (Lipinski definition) is 3. The van der Waals surface area contributed by atoms with E-state index in [1.54, 1.807) is 25.1 Å². The van der Waals surface area contributed by atoms with Crippen molar-refractivity contribution in [2.45, 2.75) is 19.5 Å². The fourth-order valence-corrected chi connectivity index (χ4v) is 2.53. The van der Waals surface area contributed by atoms with E-state index < -0.39 is 0 Å². The molecule has 1 atom stereocenters. The number of nitrogens with zero attached hydrogens (tertiary/aromatic N) is 2. The third-order valence-electron chi connectivity index (χ3n) is 3.76. The lowest BCUT2D eigenvalue weighted by atomic mass is 10.1. The summed E-state index contributed by atoms with van der Waals surface area (Å²) >= 11 is 0. The van der Waals surface area contributed by atoms with Crippen molar-refractivity contribution in [3.8, 4) is 0 Å². The number of carbonyl (C=O) groups is 1. The molecule has 1 aliphatic heterocycles. The predicted molar refractivity (Wildman–Crippen MR) is 76.9 cm³/mol. The van der Waals surface area contributed by atoms with Crippen molar-refractivity contribution in [1.82, 2.24) is 15.1 Å². The summed E-state index contributed by atoms with van der Waals surface area (Å²) in [6, 6.07) is 4.68. The molecule has 0 aromatic heterocycles. The van der Waals surface area contributed by atoms with E-state index in [0.29, 0.717) is 13.1 Å². The minimum absolute atomic E-state index is 0.108. The monoisotopic (exact) mass is 279 g/mol. The molecule has 5 heteroatoms. The standard InChI is InChI=1S/C15H22FN3O/c1-11-8-13(16)5-4-12(11)10-19-7-6-17-9-14(19)15(20)18(2)3/h4-5,8,14,17H,6-7,9-10H2,1-3H3. The van der Waals surface area contributed by atoms with E-state index >= 15 is 0 Å². The van der Waals surface area contributed by atoms with Crippen LogP contribution in [-0.4, -0.2) is 55.5 Å². The highest BCUT2D eigenvalue weighted by molar-refractivity contribution is 5.81. The van der Waals surface area contributed by atoms with E-state index in [0.717, 1.165) is 24.2 Å². The molecule has 0 aliphatic carbocycles. The van der Waals surface area contributed by atoms with E-state index in [9.17, 15) is 9.18 Å². The van der Waals surface area contributed by atoms with Gasteiger partial charge in [-0.3, -0.25) is 9.69 Å². The first-order valence-electron chi connectivity index (χ1n) is 6.90. The van der Waals surface area contributed by atoms with E-state index in [2.05, 4.69) is 10.2 Å². The second-order valence-electron chi connectivity index (χ2n) is 5.49. The molecule has 1 heterocycles. The predicted octanol–water partition coefficient (Wildman–Crippen LogP) is 0.996. The van der Waals surface area contributed by atoms with Crippen LogP contribution in [0.25, 0.3) is 0 Å². The van der Waals surface area contributed by atoms with E-state index in [1.165, 1.54) is 6.07 Å². The van der Waals surface area contributed by atoms with Crippen LogP contribution in [0.4, 0.5) is 4.39 Å². The summed E-state index contributed by atoms with van der Waals surface area (Å²) in [6.07, 6.45) is 0. The Labute approximate surface area is 119 Å². The Morgan fingerprint density at radius 3 is 2.90 bits per heavy atom. The number of nitrogens with one attached hydrogen (secondary N) is 1. The Morgan fingerprint density at radius 2 is 2.25 bits per heavy atom. The normalized spacial score (nSPS) is 19.9. The fraction of sp³-hybridized carbons (Fsp3) is 0.533. The summed E-state index contributed by atoms with van der Waals surface area (Å²) in [5, 5.41) is 3.26. The maximum atomic E-state index is 13.2. The average molecular weight is 279 g/mol. The molecule has 4 nitrogen and oxygen atoms in total. The Kier molecular flexibility index (Phi) is 4.73. The molecule has 1 saturated heterocycles. The SMILES string of the molecule is Cc1cc(F)ccc1CN1CCNCC1C(=O)N(C)C. The fourth-order valence-electron chi connectivity index (χ4n) is 2.53. The molecule has 20 heavy (non-hydrogen) atoms. The highest BCUT2D eigenvalue weighted by Crippen LogP contribution is 2.16. The third kappa shape index (κ3) is 3.35. The lowest BCUT2D eigenvalue weighted by Gasteiger charge is -2.36. The van der Waals surface area contributed by atoms with Crippen molar-refractivity contribution in [2.24, 2.45) is 0 Å². The third-order valence-corrected chi connectivity index (χ3v) is 3.76. The van der Waals surface area contributed by atoms with E-state index in [1.807, 2.05) is 13.0 Å². The smallest absolute Gasteiger partial charge is 0.240 e. The van der Waals surface area contributed by atoms with Crippen molar-refractivity contribution >= 4 is 5.91 Å². The first kappa shape index (κ1) is 14.9. The second-order valence-corrected chi connectivity index (χ2v) is 5.49. The lowest BCUT2D eigenvalue weighted by Crippen LogP contribution is -2.57. The Hall–Kier alpha value is -1.46. The highest BCUT2D eigenvalue weighted by Gasteiger charge is 2.29. The van der Waals surface area contributed by atoms with Gasteiger partial charge < -0.3 is 10.2 Å². The zero-order valence-corrected chi connectivity index (χ0v) is 12.3. The summed E-state index contributed by atoms with van der Waals surface area (Å²) in [5.41, 5.74) is 2.00. The molecule has 110 valence electrons. The molecular weight excluding hydrogens is 257 g/mol. The van der Waals surface area contributed by atoms with E-state index in [4.69, 9.17) is 0 Å². The number of hydrogen-bond donors (Lipinski definition) is 1. The van der Waals surface area contributed by atoms with E-state index in [-0.39, 0.29) is 17.8 Å². The van der Waals surface area contributed by atoms with Crippen molar-refractivity contribution in [3.63, 3.8) is 0 Å². The Bertz CT molecular complexity index is 490. The number of aryl methyl sites for hydroxylation is 1. The molecule has 1 aromatic rings. The summed E-state index contributed by atoms with van der Waals surface area (Å²) in [4.78, 5) is 16.0. The average Bonchev–Trinajstić information content (AvgIpc) is 2.41. The van der Waals surface area contributed by atoms with Crippen molar-refractivity contribution in [2.75, 3.05) is 33.7 Å². The molecule has 0 radical (unpaired) electrons. The number of likely N-dealkylation sites (N-methyl/N-ethyl adjacent to an activating group) is 1. The summed E-state index contributed by atoms with van der Waals surface area (Å²) < 4.78 is 13.2. The van der Waals surface area contributed by atoms with Crippen LogP contribution in [0.3, 0.4) is 0 Å². The minimum atomic E-state index is -0.215. The largest absolute Gasteiger partial charge is 0.347 e. The second kappa shape index (κ2) is 6.33. The maximum absolute atomic E-state index is 13.2. The minimum Gasteiger partial charge on any atom is -0.347 e. The molecule has 0 spiro atoms. The van der Waals surface area contributed by atoms with Gasteiger partial charge in [-0.05, 0) is 30.2 Å². The number of piperazine rings is 1. The van der Waals surface area contributed by atoms with Gasteiger partial charge in [0.25, 0.3) is 0 Å². The van der Waals surface area contributed by atoms with Crippen LogP contribution in [0.15, 0.2) is 18.2 Å². The zero-order chi connectivity index (χ0) is 14.7. The van der Waals surface area contributed by atoms with Crippen molar-refractivity contribution < 1.29 is 9.18 Å². The Balaban J connectivity index is 2.14. The van der Waals surface area contributed by atoms with Crippen molar-refractivity contribution in [1.29, 1.82) is 0 Å². The topological polar surface area (TPSA) is 35.6 Å². The van der Waals surface area contributed by atoms with Gasteiger partial charge in [0.05, 0.1) is 0 Å². The maximum Gasteiger partial charge on any atom is 0.240 e. The van der Waals surface area contributed by atoms with Crippen LogP contribution in [-0.2, 0) is 11.3 Å². The molecule has 1 aliphatic rings. The molecule has 1 unspecified atom stereocenters. The van der Waals surface area contributed by atoms with Gasteiger partial charge in [0.15, 0.2) is 0 Å². The van der Waals surface area contributed by atoms with Gasteiger partial charge in [0.2, 0.25) is 5.91 Å². The van der Waals surface area contributed by atoms with Crippen LogP contribution in [0, 0.1) is 12.7 Å². The van der Waals surface area contributed by atoms with Crippen molar-refractivity contribution in [3.05, 3.63) is 35.1 Å². The van der Waals surface area contributed by atoms with Crippen LogP contribution in [0.1, 0.15) is 11.1 Å². The van der Waals surface area contributed by atoms with Crippen LogP contribution >= 0.6 is 0 Å².